The molecule has 25 heavy (non-hydrogen) atoms. The molecule has 2 aromatic heterocycles. The number of aryl methyl sites for hydroxylation is 1. The van der Waals surface area contributed by atoms with Gasteiger partial charge in [-0.2, -0.15) is 0 Å². The number of rotatable bonds is 5. The zero-order valence-corrected chi connectivity index (χ0v) is 14.0. The number of H-pyrrole nitrogens is 1. The molecule has 0 bridgehead atoms. The molecule has 1 aromatic carbocycles. The van der Waals surface area contributed by atoms with Gasteiger partial charge < -0.3 is 15.1 Å². The van der Waals surface area contributed by atoms with Crippen molar-refractivity contribution in [3.05, 3.63) is 59.4 Å². The van der Waals surface area contributed by atoms with Crippen LogP contribution in [0.5, 0.6) is 0 Å². The van der Waals surface area contributed by atoms with Crippen molar-refractivity contribution in [1.82, 2.24) is 25.8 Å². The lowest BCUT2D eigenvalue weighted by molar-refractivity contribution is 0.577. The van der Waals surface area contributed by atoms with E-state index in [2.05, 4.69) is 30.8 Å². The van der Waals surface area contributed by atoms with Gasteiger partial charge in [-0.1, -0.05) is 12.1 Å². The van der Waals surface area contributed by atoms with Gasteiger partial charge in [0.1, 0.15) is 11.6 Å². The molecule has 0 saturated heterocycles. The summed E-state index contributed by atoms with van der Waals surface area (Å²) in [4.78, 5) is 8.51. The summed E-state index contributed by atoms with van der Waals surface area (Å²) < 4.78 is 18.6. The van der Waals surface area contributed by atoms with Crippen LogP contribution in [0.1, 0.15) is 17.0 Å². The molecule has 0 atom stereocenters. The minimum Gasteiger partial charge on any atom is -0.461 e. The van der Waals surface area contributed by atoms with Crippen molar-refractivity contribution in [3.8, 4) is 11.6 Å². The molecule has 0 aliphatic rings. The Morgan fingerprint density at radius 1 is 1.28 bits per heavy atom. The first kappa shape index (κ1) is 16.7. The van der Waals surface area contributed by atoms with E-state index in [1.165, 1.54) is 6.07 Å². The van der Waals surface area contributed by atoms with Gasteiger partial charge in [-0.15, -0.1) is 5.10 Å². The molecule has 7 nitrogen and oxygen atoms in total. The van der Waals surface area contributed by atoms with Gasteiger partial charge in [0.05, 0.1) is 12.8 Å². The molecule has 0 saturated carbocycles. The van der Waals surface area contributed by atoms with Crippen molar-refractivity contribution in [2.75, 3.05) is 7.05 Å². The van der Waals surface area contributed by atoms with Crippen LogP contribution in [0.3, 0.4) is 0 Å². The molecular weight excluding hydrogens is 323 g/mol. The summed E-state index contributed by atoms with van der Waals surface area (Å²) in [5.41, 5.74) is 1.59. The van der Waals surface area contributed by atoms with Gasteiger partial charge in [-0.05, 0) is 36.2 Å². The van der Waals surface area contributed by atoms with Gasteiger partial charge in [-0.25, -0.2) is 9.37 Å². The smallest absolute Gasteiger partial charge is 0.216 e. The summed E-state index contributed by atoms with van der Waals surface area (Å²) in [6.45, 7) is 2.71. The highest BCUT2D eigenvalue weighted by molar-refractivity contribution is 5.79. The Morgan fingerprint density at radius 3 is 2.84 bits per heavy atom. The Kier molecular flexibility index (Phi) is 5.08. The summed E-state index contributed by atoms with van der Waals surface area (Å²) in [6, 6.07) is 8.60. The summed E-state index contributed by atoms with van der Waals surface area (Å²) in [5.74, 6) is 2.18. The number of nitrogens with zero attached hydrogens (tertiary/aromatic N) is 3. The first-order valence-electron chi connectivity index (χ1n) is 7.80. The number of aromatic amines is 1. The number of nitrogens with one attached hydrogen (secondary N) is 3. The summed E-state index contributed by atoms with van der Waals surface area (Å²) in [7, 11) is 1.68. The normalized spacial score (nSPS) is 11.6. The van der Waals surface area contributed by atoms with Gasteiger partial charge >= 0.3 is 0 Å². The molecule has 0 spiro atoms. The Labute approximate surface area is 144 Å². The zero-order chi connectivity index (χ0) is 17.6. The second-order valence-corrected chi connectivity index (χ2v) is 5.45. The zero-order valence-electron chi connectivity index (χ0n) is 14.0. The minimum atomic E-state index is -0.205. The highest BCUT2D eigenvalue weighted by Gasteiger charge is 2.08. The molecular formula is C17H19FN6O. The van der Waals surface area contributed by atoms with Gasteiger partial charge in [0.25, 0.3) is 0 Å². The fourth-order valence-corrected chi connectivity index (χ4v) is 2.28. The number of hydrogen-bond donors (Lipinski definition) is 3. The molecule has 3 aromatic rings. The van der Waals surface area contributed by atoms with Crippen molar-refractivity contribution in [3.63, 3.8) is 0 Å². The third-order valence-corrected chi connectivity index (χ3v) is 3.60. The molecule has 8 heteroatoms. The van der Waals surface area contributed by atoms with E-state index in [9.17, 15) is 4.39 Å². The lowest BCUT2D eigenvalue weighted by Crippen LogP contribution is -2.36. The lowest BCUT2D eigenvalue weighted by atomic mass is 10.1. The van der Waals surface area contributed by atoms with Gasteiger partial charge in [-0.3, -0.25) is 10.1 Å². The fraction of sp³-hybridized carbons (Fsp3) is 0.235. The van der Waals surface area contributed by atoms with E-state index in [0.29, 0.717) is 42.0 Å². The lowest BCUT2D eigenvalue weighted by Gasteiger charge is -2.11. The Bertz CT molecular complexity index is 856. The van der Waals surface area contributed by atoms with E-state index in [1.54, 1.807) is 38.4 Å². The van der Waals surface area contributed by atoms with Gasteiger partial charge in [0, 0.05) is 13.6 Å². The molecule has 2 heterocycles. The first-order valence-corrected chi connectivity index (χ1v) is 7.80. The second-order valence-electron chi connectivity index (χ2n) is 5.45. The maximum absolute atomic E-state index is 13.3. The summed E-state index contributed by atoms with van der Waals surface area (Å²) >= 11 is 0. The van der Waals surface area contributed by atoms with Gasteiger partial charge in [0.2, 0.25) is 5.82 Å². The fourth-order valence-electron chi connectivity index (χ4n) is 2.28. The predicted octanol–water partition coefficient (Wildman–Crippen LogP) is 2.38. The van der Waals surface area contributed by atoms with Crippen LogP contribution in [0.15, 0.2) is 46.0 Å². The van der Waals surface area contributed by atoms with E-state index in [4.69, 9.17) is 4.42 Å². The number of halogens is 1. The molecule has 0 radical (unpaired) electrons. The first-order chi connectivity index (χ1) is 12.2. The highest BCUT2D eigenvalue weighted by Crippen LogP contribution is 2.14. The number of guanidine groups is 1. The summed E-state index contributed by atoms with van der Waals surface area (Å²) in [5, 5.41) is 13.3. The molecule has 3 rings (SSSR count). The molecule has 130 valence electrons. The van der Waals surface area contributed by atoms with Crippen LogP contribution in [0.2, 0.25) is 0 Å². The SMILES string of the molecule is CN=C(NCc1ccc(F)c(C)c1)NCc1nc(-c2ccco2)n[nH]1. The Hall–Kier alpha value is -3.16. The topological polar surface area (TPSA) is 91.1 Å². The van der Waals surface area contributed by atoms with Crippen molar-refractivity contribution >= 4 is 5.96 Å². The average molecular weight is 342 g/mol. The van der Waals surface area contributed by atoms with Crippen LogP contribution in [0.4, 0.5) is 4.39 Å². The largest absolute Gasteiger partial charge is 0.461 e. The predicted molar refractivity (Wildman–Crippen MR) is 92.3 cm³/mol. The van der Waals surface area contributed by atoms with Crippen LogP contribution in [0, 0.1) is 12.7 Å². The van der Waals surface area contributed by atoms with E-state index in [1.807, 2.05) is 6.07 Å². The average Bonchev–Trinajstić information content (AvgIpc) is 3.29. The maximum Gasteiger partial charge on any atom is 0.216 e. The van der Waals surface area contributed by atoms with E-state index >= 15 is 0 Å². The molecule has 0 aliphatic carbocycles. The van der Waals surface area contributed by atoms with Crippen LogP contribution < -0.4 is 10.6 Å². The molecule has 0 unspecified atom stereocenters. The Balaban J connectivity index is 1.53. The number of benzene rings is 1. The Morgan fingerprint density at radius 2 is 2.12 bits per heavy atom. The monoisotopic (exact) mass is 342 g/mol. The van der Waals surface area contributed by atoms with Crippen molar-refractivity contribution < 1.29 is 8.81 Å². The third kappa shape index (κ3) is 4.23. The molecule has 0 aliphatic heterocycles. The third-order valence-electron chi connectivity index (χ3n) is 3.60. The number of aromatic nitrogens is 3. The van der Waals surface area contributed by atoms with Crippen LogP contribution in [0.25, 0.3) is 11.6 Å². The van der Waals surface area contributed by atoms with Crippen LogP contribution >= 0.6 is 0 Å². The molecule has 3 N–H and O–H groups in total. The second kappa shape index (κ2) is 7.61. The van der Waals surface area contributed by atoms with Crippen molar-refractivity contribution in [2.45, 2.75) is 20.0 Å². The van der Waals surface area contributed by atoms with E-state index in [-0.39, 0.29) is 5.82 Å². The van der Waals surface area contributed by atoms with E-state index in [0.717, 1.165) is 5.56 Å². The van der Waals surface area contributed by atoms with E-state index < -0.39 is 0 Å². The van der Waals surface area contributed by atoms with Gasteiger partial charge in [0.15, 0.2) is 11.7 Å². The van der Waals surface area contributed by atoms with Crippen molar-refractivity contribution in [2.24, 2.45) is 4.99 Å². The highest BCUT2D eigenvalue weighted by atomic mass is 19.1. The molecule has 0 amide bonds. The minimum absolute atomic E-state index is 0.205. The number of hydrogen-bond acceptors (Lipinski definition) is 4. The van der Waals surface area contributed by atoms with Crippen molar-refractivity contribution in [1.29, 1.82) is 0 Å². The number of aliphatic imine (C=N–C) groups is 1. The quantitative estimate of drug-likeness (QED) is 0.489. The van der Waals surface area contributed by atoms with Crippen LogP contribution in [-0.4, -0.2) is 28.2 Å². The number of furan rings is 1. The maximum atomic E-state index is 13.3. The molecule has 0 fully saturated rings. The standard InChI is InChI=1S/C17H19FN6O/c1-11-8-12(5-6-13(11)18)9-20-17(19-2)21-10-15-22-16(24-23-15)14-4-3-7-25-14/h3-8H,9-10H2,1-2H3,(H2,19,20,21)(H,22,23,24). The summed E-state index contributed by atoms with van der Waals surface area (Å²) in [6.07, 6.45) is 1.58. The van der Waals surface area contributed by atoms with Crippen LogP contribution in [-0.2, 0) is 13.1 Å².